The Morgan fingerprint density at radius 1 is 1.26 bits per heavy atom. The summed E-state index contributed by atoms with van der Waals surface area (Å²) in [6.45, 7) is 6.45. The van der Waals surface area contributed by atoms with Gasteiger partial charge in [-0.25, -0.2) is 4.98 Å². The van der Waals surface area contributed by atoms with Crippen LogP contribution in [0.1, 0.15) is 32.1 Å². The van der Waals surface area contributed by atoms with Crippen molar-refractivity contribution >= 4 is 5.97 Å². The van der Waals surface area contributed by atoms with Gasteiger partial charge in [-0.05, 0) is 23.1 Å². The summed E-state index contributed by atoms with van der Waals surface area (Å²) >= 11 is 0. The first-order valence-corrected chi connectivity index (χ1v) is 6.13. The van der Waals surface area contributed by atoms with Crippen molar-refractivity contribution in [2.24, 2.45) is 0 Å². The minimum absolute atomic E-state index is 0.101. The van der Waals surface area contributed by atoms with Crippen molar-refractivity contribution < 1.29 is 14.3 Å². The van der Waals surface area contributed by atoms with Crippen molar-refractivity contribution in [1.82, 2.24) is 4.98 Å². The highest BCUT2D eigenvalue weighted by atomic mass is 16.4. The van der Waals surface area contributed by atoms with E-state index in [1.807, 2.05) is 24.3 Å². The highest BCUT2D eigenvalue weighted by Gasteiger charge is 2.14. The van der Waals surface area contributed by atoms with Crippen molar-refractivity contribution in [3.63, 3.8) is 0 Å². The maximum absolute atomic E-state index is 10.6. The Morgan fingerprint density at radius 3 is 2.42 bits per heavy atom. The summed E-state index contributed by atoms with van der Waals surface area (Å²) in [4.78, 5) is 14.7. The minimum atomic E-state index is -0.925. The van der Waals surface area contributed by atoms with Gasteiger partial charge < -0.3 is 9.52 Å². The van der Waals surface area contributed by atoms with Crippen LogP contribution in [-0.4, -0.2) is 16.1 Å². The predicted molar refractivity (Wildman–Crippen MR) is 72.0 cm³/mol. The number of carboxylic acids is 1. The molecular formula is C15H17NO3. The average molecular weight is 259 g/mol. The van der Waals surface area contributed by atoms with Crippen LogP contribution in [0.2, 0.25) is 0 Å². The monoisotopic (exact) mass is 259 g/mol. The van der Waals surface area contributed by atoms with Gasteiger partial charge in [0.2, 0.25) is 5.89 Å². The van der Waals surface area contributed by atoms with Crippen LogP contribution in [0.4, 0.5) is 0 Å². The lowest BCUT2D eigenvalue weighted by atomic mass is 9.87. The molecule has 19 heavy (non-hydrogen) atoms. The van der Waals surface area contributed by atoms with Gasteiger partial charge in [-0.3, -0.25) is 4.79 Å². The first-order valence-electron chi connectivity index (χ1n) is 6.13. The maximum Gasteiger partial charge on any atom is 0.311 e. The lowest BCUT2D eigenvalue weighted by Crippen LogP contribution is -2.10. The Morgan fingerprint density at radius 2 is 1.89 bits per heavy atom. The Balaban J connectivity index is 2.23. The van der Waals surface area contributed by atoms with Crippen molar-refractivity contribution in [3.05, 3.63) is 41.8 Å². The van der Waals surface area contributed by atoms with Crippen LogP contribution in [0.25, 0.3) is 11.5 Å². The SMILES string of the molecule is CC(C)(C)c1ccc(-c2ncc(CC(=O)O)o2)cc1. The zero-order valence-corrected chi connectivity index (χ0v) is 11.3. The summed E-state index contributed by atoms with van der Waals surface area (Å²) in [6, 6.07) is 7.96. The van der Waals surface area contributed by atoms with Crippen molar-refractivity contribution in [3.8, 4) is 11.5 Å². The molecule has 0 radical (unpaired) electrons. The number of carbonyl (C=O) groups is 1. The van der Waals surface area contributed by atoms with Crippen molar-refractivity contribution in [2.75, 3.05) is 0 Å². The van der Waals surface area contributed by atoms with Crippen LogP contribution < -0.4 is 0 Å². The molecule has 0 bridgehead atoms. The van der Waals surface area contributed by atoms with Gasteiger partial charge in [0.15, 0.2) is 0 Å². The van der Waals surface area contributed by atoms with Crippen molar-refractivity contribution in [2.45, 2.75) is 32.6 Å². The molecule has 0 fully saturated rings. The summed E-state index contributed by atoms with van der Waals surface area (Å²) in [7, 11) is 0. The minimum Gasteiger partial charge on any atom is -0.481 e. The van der Waals surface area contributed by atoms with Gasteiger partial charge in [0.1, 0.15) is 12.2 Å². The molecule has 0 saturated carbocycles. The van der Waals surface area contributed by atoms with E-state index >= 15 is 0 Å². The van der Waals surface area contributed by atoms with Crippen LogP contribution in [0.3, 0.4) is 0 Å². The molecule has 0 aliphatic heterocycles. The molecule has 0 unspecified atom stereocenters. The quantitative estimate of drug-likeness (QED) is 0.918. The lowest BCUT2D eigenvalue weighted by Gasteiger charge is -2.18. The number of rotatable bonds is 3. The zero-order valence-electron chi connectivity index (χ0n) is 11.3. The van der Waals surface area contributed by atoms with Crippen LogP contribution >= 0.6 is 0 Å². The van der Waals surface area contributed by atoms with Crippen LogP contribution in [-0.2, 0) is 16.6 Å². The van der Waals surface area contributed by atoms with Crippen molar-refractivity contribution in [1.29, 1.82) is 0 Å². The van der Waals surface area contributed by atoms with Crippen LogP contribution in [0, 0.1) is 0 Å². The van der Waals surface area contributed by atoms with Gasteiger partial charge in [0, 0.05) is 5.56 Å². The van der Waals surface area contributed by atoms with E-state index < -0.39 is 5.97 Å². The summed E-state index contributed by atoms with van der Waals surface area (Å²) in [5, 5.41) is 8.68. The van der Waals surface area contributed by atoms with E-state index in [2.05, 4.69) is 25.8 Å². The standard InChI is InChI=1S/C15H17NO3/c1-15(2,3)11-6-4-10(5-7-11)14-16-9-12(19-14)8-13(17)18/h4-7,9H,8H2,1-3H3,(H,17,18). The smallest absolute Gasteiger partial charge is 0.311 e. The van der Waals surface area contributed by atoms with E-state index in [1.165, 1.54) is 11.8 Å². The third-order valence-electron chi connectivity index (χ3n) is 2.88. The largest absolute Gasteiger partial charge is 0.481 e. The Labute approximate surface area is 112 Å². The topological polar surface area (TPSA) is 63.3 Å². The van der Waals surface area contributed by atoms with E-state index in [0.717, 1.165) is 5.56 Å². The fourth-order valence-electron chi connectivity index (χ4n) is 1.78. The maximum atomic E-state index is 10.6. The number of benzene rings is 1. The van der Waals surface area contributed by atoms with Gasteiger partial charge in [0.05, 0.1) is 6.20 Å². The summed E-state index contributed by atoms with van der Waals surface area (Å²) < 4.78 is 5.41. The second-order valence-electron chi connectivity index (χ2n) is 5.53. The molecule has 0 amide bonds. The third-order valence-corrected chi connectivity index (χ3v) is 2.88. The number of hydrogen-bond donors (Lipinski definition) is 1. The van der Waals surface area contributed by atoms with Gasteiger partial charge in [-0.1, -0.05) is 32.9 Å². The number of nitrogens with zero attached hydrogens (tertiary/aromatic N) is 1. The number of oxazole rings is 1. The lowest BCUT2D eigenvalue weighted by molar-refractivity contribution is -0.136. The molecule has 4 heteroatoms. The molecule has 2 rings (SSSR count). The number of carboxylic acid groups (broad SMARTS) is 1. The second-order valence-corrected chi connectivity index (χ2v) is 5.53. The molecule has 4 nitrogen and oxygen atoms in total. The van der Waals surface area contributed by atoms with Crippen LogP contribution in [0.15, 0.2) is 34.9 Å². The molecule has 1 heterocycles. The molecule has 1 N–H and O–H groups in total. The highest BCUT2D eigenvalue weighted by Crippen LogP contribution is 2.26. The Hall–Kier alpha value is -2.10. The molecule has 0 saturated heterocycles. The zero-order chi connectivity index (χ0) is 14.0. The number of aromatic nitrogens is 1. The third kappa shape index (κ3) is 3.22. The first-order chi connectivity index (χ1) is 8.86. The predicted octanol–water partition coefficient (Wildman–Crippen LogP) is 3.27. The molecular weight excluding hydrogens is 242 g/mol. The van der Waals surface area contributed by atoms with Gasteiger partial charge >= 0.3 is 5.97 Å². The molecule has 0 spiro atoms. The molecule has 0 atom stereocenters. The summed E-state index contributed by atoms with van der Waals surface area (Å²) in [5.41, 5.74) is 2.18. The first kappa shape index (κ1) is 13.3. The van der Waals surface area contributed by atoms with E-state index in [-0.39, 0.29) is 11.8 Å². The normalized spacial score (nSPS) is 11.5. The summed E-state index contributed by atoms with van der Waals surface area (Å²) in [6.07, 6.45) is 1.31. The molecule has 100 valence electrons. The van der Waals surface area contributed by atoms with E-state index in [1.54, 1.807) is 0 Å². The Bertz CT molecular complexity index is 576. The van der Waals surface area contributed by atoms with E-state index in [0.29, 0.717) is 11.7 Å². The number of hydrogen-bond acceptors (Lipinski definition) is 3. The average Bonchev–Trinajstić information content (AvgIpc) is 2.75. The van der Waals surface area contributed by atoms with Crippen LogP contribution in [0.5, 0.6) is 0 Å². The molecule has 2 aromatic rings. The van der Waals surface area contributed by atoms with Gasteiger partial charge in [0.25, 0.3) is 0 Å². The van der Waals surface area contributed by atoms with E-state index in [9.17, 15) is 4.79 Å². The van der Waals surface area contributed by atoms with E-state index in [4.69, 9.17) is 9.52 Å². The highest BCUT2D eigenvalue weighted by molar-refractivity contribution is 5.69. The molecule has 0 aliphatic carbocycles. The second kappa shape index (κ2) is 4.88. The van der Waals surface area contributed by atoms with Gasteiger partial charge in [-0.2, -0.15) is 0 Å². The molecule has 1 aromatic carbocycles. The fourth-order valence-corrected chi connectivity index (χ4v) is 1.78. The molecule has 1 aromatic heterocycles. The number of aliphatic carboxylic acids is 1. The fraction of sp³-hybridized carbons (Fsp3) is 0.333. The summed E-state index contributed by atoms with van der Waals surface area (Å²) in [5.74, 6) is -0.107. The Kier molecular flexibility index (Phi) is 3.42. The molecule has 0 aliphatic rings. The van der Waals surface area contributed by atoms with Gasteiger partial charge in [-0.15, -0.1) is 0 Å².